The first kappa shape index (κ1) is 21.6. The van der Waals surface area contributed by atoms with Gasteiger partial charge >= 0.3 is 0 Å². The Kier molecular flexibility index (Phi) is 6.88. The van der Waals surface area contributed by atoms with Gasteiger partial charge in [-0.2, -0.15) is 4.99 Å². The van der Waals surface area contributed by atoms with Crippen molar-refractivity contribution in [1.29, 1.82) is 0 Å². The van der Waals surface area contributed by atoms with Crippen molar-refractivity contribution in [2.45, 2.75) is 18.5 Å². The third-order valence-electron chi connectivity index (χ3n) is 3.57. The Balaban J connectivity index is 0.00000338. The Hall–Kier alpha value is -2.45. The van der Waals surface area contributed by atoms with Crippen LogP contribution >= 0.6 is 12.4 Å². The monoisotopic (exact) mass is 399 g/mol. The third kappa shape index (κ3) is 4.80. The zero-order valence-corrected chi connectivity index (χ0v) is 15.8. The average molecular weight is 400 g/mol. The zero-order chi connectivity index (χ0) is 18.8. The second kappa shape index (κ2) is 8.29. The summed E-state index contributed by atoms with van der Waals surface area (Å²) < 4.78 is 37.9. The van der Waals surface area contributed by atoms with Crippen molar-refractivity contribution >= 4 is 34.1 Å². The fraction of sp³-hybridized carbons (Fsp3) is 0.176. The standard InChI is InChI=1S/C17H18FN3O3S.ClH/c1-10-3-5-11(6-4-10)13-7-12(9-18)14(16(22)21-17(19)20)8-15(13)25(2,23)24;/h3-8H,9H2,1-2H3,(H4,19,20,21,22);1H. The van der Waals surface area contributed by atoms with Gasteiger partial charge in [-0.15, -0.1) is 12.4 Å². The number of nitrogens with two attached hydrogens (primary N) is 2. The summed E-state index contributed by atoms with van der Waals surface area (Å²) in [5.74, 6) is -1.38. The van der Waals surface area contributed by atoms with E-state index in [0.717, 1.165) is 17.9 Å². The summed E-state index contributed by atoms with van der Waals surface area (Å²) in [5, 5.41) is 0. The molecule has 2 aromatic carbocycles. The number of benzene rings is 2. The van der Waals surface area contributed by atoms with Crippen molar-refractivity contribution < 1.29 is 17.6 Å². The van der Waals surface area contributed by atoms with E-state index in [1.54, 1.807) is 12.1 Å². The van der Waals surface area contributed by atoms with E-state index in [4.69, 9.17) is 11.5 Å². The molecule has 0 unspecified atom stereocenters. The maximum atomic E-state index is 13.5. The number of hydrogen-bond donors (Lipinski definition) is 2. The molecular formula is C17H19ClFN3O3S. The molecule has 0 aliphatic carbocycles. The molecule has 0 aliphatic heterocycles. The van der Waals surface area contributed by atoms with E-state index in [9.17, 15) is 17.6 Å². The second-order valence-corrected chi connectivity index (χ2v) is 7.60. The minimum absolute atomic E-state index is 0. The maximum Gasteiger partial charge on any atom is 0.280 e. The molecular weight excluding hydrogens is 381 g/mol. The highest BCUT2D eigenvalue weighted by atomic mass is 35.5. The van der Waals surface area contributed by atoms with Crippen LogP contribution in [0.15, 0.2) is 46.3 Å². The van der Waals surface area contributed by atoms with Gasteiger partial charge in [-0.3, -0.25) is 4.79 Å². The van der Waals surface area contributed by atoms with Crippen molar-refractivity contribution in [3.8, 4) is 11.1 Å². The molecule has 0 radical (unpaired) electrons. The van der Waals surface area contributed by atoms with Crippen molar-refractivity contribution in [3.05, 3.63) is 53.1 Å². The molecule has 1 amide bonds. The van der Waals surface area contributed by atoms with E-state index < -0.39 is 28.4 Å². The number of hydrogen-bond acceptors (Lipinski definition) is 3. The summed E-state index contributed by atoms with van der Waals surface area (Å²) in [7, 11) is -3.69. The van der Waals surface area contributed by atoms with Crippen molar-refractivity contribution in [1.82, 2.24) is 0 Å². The molecule has 2 rings (SSSR count). The zero-order valence-electron chi connectivity index (χ0n) is 14.2. The molecule has 26 heavy (non-hydrogen) atoms. The van der Waals surface area contributed by atoms with Gasteiger partial charge in [0.25, 0.3) is 5.91 Å². The maximum absolute atomic E-state index is 13.5. The number of amides is 1. The van der Waals surface area contributed by atoms with Gasteiger partial charge in [-0.05, 0) is 30.2 Å². The molecule has 0 atom stereocenters. The minimum Gasteiger partial charge on any atom is -0.370 e. The number of rotatable bonds is 4. The van der Waals surface area contributed by atoms with Gasteiger partial charge in [0.05, 0.1) is 4.90 Å². The minimum atomic E-state index is -3.69. The number of carbonyl (C=O) groups is 1. The van der Waals surface area contributed by atoms with Crippen molar-refractivity contribution in [3.63, 3.8) is 0 Å². The first-order chi connectivity index (χ1) is 11.6. The summed E-state index contributed by atoms with van der Waals surface area (Å²) >= 11 is 0. The molecule has 0 aliphatic rings. The van der Waals surface area contributed by atoms with Crippen molar-refractivity contribution in [2.24, 2.45) is 16.5 Å². The van der Waals surface area contributed by atoms with Crippen LogP contribution in [-0.4, -0.2) is 26.5 Å². The van der Waals surface area contributed by atoms with Crippen LogP contribution in [0, 0.1) is 6.92 Å². The highest BCUT2D eigenvalue weighted by molar-refractivity contribution is 7.90. The summed E-state index contributed by atoms with van der Waals surface area (Å²) in [5.41, 5.74) is 12.1. The lowest BCUT2D eigenvalue weighted by molar-refractivity contribution is 0.100. The molecule has 0 saturated heterocycles. The van der Waals surface area contributed by atoms with Crippen LogP contribution in [0.2, 0.25) is 0 Å². The SMILES string of the molecule is Cc1ccc(-c2cc(CF)c(C(=O)N=C(N)N)cc2S(C)(=O)=O)cc1.Cl. The molecule has 0 fully saturated rings. The van der Waals surface area contributed by atoms with Crippen LogP contribution < -0.4 is 11.5 Å². The largest absolute Gasteiger partial charge is 0.370 e. The molecule has 6 nitrogen and oxygen atoms in total. The van der Waals surface area contributed by atoms with Gasteiger partial charge in [-0.1, -0.05) is 29.8 Å². The Morgan fingerprint density at radius 1 is 1.15 bits per heavy atom. The molecule has 0 heterocycles. The Morgan fingerprint density at radius 3 is 2.19 bits per heavy atom. The Bertz CT molecular complexity index is 954. The van der Waals surface area contributed by atoms with Gasteiger partial charge in [0, 0.05) is 17.4 Å². The molecule has 2 aromatic rings. The number of aliphatic imine (C=N–C) groups is 1. The summed E-state index contributed by atoms with van der Waals surface area (Å²) in [4.78, 5) is 15.4. The molecule has 9 heteroatoms. The Labute approximate surface area is 157 Å². The van der Waals surface area contributed by atoms with E-state index in [1.807, 2.05) is 19.1 Å². The molecule has 0 bridgehead atoms. The van der Waals surface area contributed by atoms with Crippen LogP contribution in [0.5, 0.6) is 0 Å². The van der Waals surface area contributed by atoms with Crippen LogP contribution in [0.3, 0.4) is 0 Å². The molecule has 0 spiro atoms. The van der Waals surface area contributed by atoms with Crippen LogP contribution in [0.1, 0.15) is 21.5 Å². The van der Waals surface area contributed by atoms with E-state index in [2.05, 4.69) is 4.99 Å². The van der Waals surface area contributed by atoms with Crippen LogP contribution in [-0.2, 0) is 16.5 Å². The number of nitrogens with zero attached hydrogens (tertiary/aromatic N) is 1. The lowest BCUT2D eigenvalue weighted by Gasteiger charge is -2.13. The third-order valence-corrected chi connectivity index (χ3v) is 4.71. The summed E-state index contributed by atoms with van der Waals surface area (Å²) in [6, 6.07) is 9.56. The highest BCUT2D eigenvalue weighted by Crippen LogP contribution is 2.31. The number of sulfone groups is 1. The fourth-order valence-corrected chi connectivity index (χ4v) is 3.29. The quantitative estimate of drug-likeness (QED) is 0.604. The second-order valence-electron chi connectivity index (χ2n) is 5.62. The molecule has 0 saturated carbocycles. The predicted octanol–water partition coefficient (Wildman–Crippen LogP) is 2.37. The summed E-state index contributed by atoms with van der Waals surface area (Å²) in [6.07, 6.45) is 1.02. The molecule has 4 N–H and O–H groups in total. The number of halogens is 2. The smallest absolute Gasteiger partial charge is 0.280 e. The number of carbonyl (C=O) groups excluding carboxylic acids is 1. The van der Waals surface area contributed by atoms with E-state index >= 15 is 0 Å². The average Bonchev–Trinajstić information content (AvgIpc) is 2.52. The Morgan fingerprint density at radius 2 is 1.73 bits per heavy atom. The van der Waals surface area contributed by atoms with Gasteiger partial charge in [0.2, 0.25) is 0 Å². The first-order valence-electron chi connectivity index (χ1n) is 7.27. The number of aryl methyl sites for hydroxylation is 1. The normalized spacial score (nSPS) is 10.7. The van der Waals surface area contributed by atoms with Gasteiger partial charge in [0.1, 0.15) is 6.67 Å². The van der Waals surface area contributed by atoms with E-state index in [-0.39, 0.29) is 28.4 Å². The van der Waals surface area contributed by atoms with Crippen molar-refractivity contribution in [2.75, 3.05) is 6.26 Å². The topological polar surface area (TPSA) is 116 Å². The van der Waals surface area contributed by atoms with Gasteiger partial charge < -0.3 is 11.5 Å². The van der Waals surface area contributed by atoms with Gasteiger partial charge in [0.15, 0.2) is 15.8 Å². The lowest BCUT2D eigenvalue weighted by atomic mass is 9.98. The van der Waals surface area contributed by atoms with Crippen LogP contribution in [0.4, 0.5) is 4.39 Å². The van der Waals surface area contributed by atoms with E-state index in [1.165, 1.54) is 6.07 Å². The molecule has 140 valence electrons. The van der Waals surface area contributed by atoms with Gasteiger partial charge in [-0.25, -0.2) is 12.8 Å². The van der Waals surface area contributed by atoms with Crippen LogP contribution in [0.25, 0.3) is 11.1 Å². The lowest BCUT2D eigenvalue weighted by Crippen LogP contribution is -2.24. The molecule has 0 aromatic heterocycles. The predicted molar refractivity (Wildman–Crippen MR) is 102 cm³/mol. The first-order valence-corrected chi connectivity index (χ1v) is 9.16. The summed E-state index contributed by atoms with van der Waals surface area (Å²) in [6.45, 7) is 0.926. The number of guanidine groups is 1. The number of alkyl halides is 1. The van der Waals surface area contributed by atoms with E-state index in [0.29, 0.717) is 11.1 Å². The fourth-order valence-electron chi connectivity index (χ4n) is 2.38. The highest BCUT2D eigenvalue weighted by Gasteiger charge is 2.21.